The van der Waals surface area contributed by atoms with Crippen LogP contribution in [0.25, 0.3) is 11.3 Å². The van der Waals surface area contributed by atoms with Crippen molar-refractivity contribution in [3.05, 3.63) is 66.9 Å². The Morgan fingerprint density at radius 2 is 2.03 bits per heavy atom. The molecule has 1 amide bonds. The molecule has 2 heterocycles. The van der Waals surface area contributed by atoms with Gasteiger partial charge in [-0.1, -0.05) is 12.6 Å². The third-order valence-electron chi connectivity index (χ3n) is 5.37. The summed E-state index contributed by atoms with van der Waals surface area (Å²) in [7, 11) is 1.56. The Labute approximate surface area is 193 Å². The first-order chi connectivity index (χ1) is 16.1. The van der Waals surface area contributed by atoms with Crippen molar-refractivity contribution in [2.24, 2.45) is 0 Å². The fourth-order valence-corrected chi connectivity index (χ4v) is 3.66. The van der Waals surface area contributed by atoms with Crippen LogP contribution in [0.3, 0.4) is 0 Å². The Hall–Kier alpha value is -3.91. The lowest BCUT2D eigenvalue weighted by Gasteiger charge is -2.29. The van der Waals surface area contributed by atoms with E-state index >= 15 is 0 Å². The van der Waals surface area contributed by atoms with Crippen LogP contribution >= 0.6 is 0 Å². The third-order valence-corrected chi connectivity index (χ3v) is 5.37. The van der Waals surface area contributed by atoms with Gasteiger partial charge in [0.1, 0.15) is 5.75 Å². The van der Waals surface area contributed by atoms with Crippen LogP contribution in [0.2, 0.25) is 0 Å². The standard InChI is InChI=1S/C25H27N5O3/c1-4-23(31)28-21-14-18(8-9-22(21)32-3)24-17(2)16-26-25(29-24)27-19-6-5-7-20(15-19)30-10-12-33-13-11-30/h4-9,14-16H,1,10-13H2,2-3H3,(H,28,31)(H,26,27,29). The van der Waals surface area contributed by atoms with Gasteiger partial charge in [0.2, 0.25) is 11.9 Å². The topological polar surface area (TPSA) is 88.6 Å². The minimum Gasteiger partial charge on any atom is -0.495 e. The molecule has 0 spiro atoms. The molecule has 8 nitrogen and oxygen atoms in total. The van der Waals surface area contributed by atoms with Crippen LogP contribution in [0.1, 0.15) is 5.56 Å². The smallest absolute Gasteiger partial charge is 0.247 e. The van der Waals surface area contributed by atoms with E-state index in [9.17, 15) is 4.79 Å². The number of anilines is 4. The molecule has 3 aromatic rings. The van der Waals surface area contributed by atoms with Gasteiger partial charge in [-0.15, -0.1) is 0 Å². The van der Waals surface area contributed by atoms with Gasteiger partial charge >= 0.3 is 0 Å². The van der Waals surface area contributed by atoms with Crippen molar-refractivity contribution in [1.29, 1.82) is 0 Å². The second-order valence-corrected chi connectivity index (χ2v) is 7.61. The largest absolute Gasteiger partial charge is 0.495 e. The minimum atomic E-state index is -0.313. The maximum Gasteiger partial charge on any atom is 0.247 e. The molecule has 2 aromatic carbocycles. The zero-order valence-electron chi connectivity index (χ0n) is 18.8. The summed E-state index contributed by atoms with van der Waals surface area (Å²) in [5.74, 6) is 0.730. The molecule has 0 unspecified atom stereocenters. The van der Waals surface area contributed by atoms with Crippen molar-refractivity contribution in [1.82, 2.24) is 9.97 Å². The average molecular weight is 446 g/mol. The highest BCUT2D eigenvalue weighted by Gasteiger charge is 2.14. The fourth-order valence-electron chi connectivity index (χ4n) is 3.66. The number of aromatic nitrogens is 2. The van der Waals surface area contributed by atoms with E-state index in [1.54, 1.807) is 19.4 Å². The number of aryl methyl sites for hydroxylation is 1. The molecule has 8 heteroatoms. The first-order valence-electron chi connectivity index (χ1n) is 10.7. The maximum atomic E-state index is 11.8. The highest BCUT2D eigenvalue weighted by atomic mass is 16.5. The van der Waals surface area contributed by atoms with E-state index in [2.05, 4.69) is 39.2 Å². The van der Waals surface area contributed by atoms with Gasteiger partial charge in [0, 0.05) is 36.2 Å². The molecular formula is C25H27N5O3. The van der Waals surface area contributed by atoms with Crippen molar-refractivity contribution in [3.63, 3.8) is 0 Å². The van der Waals surface area contributed by atoms with Crippen molar-refractivity contribution < 1.29 is 14.3 Å². The summed E-state index contributed by atoms with van der Waals surface area (Å²) >= 11 is 0. The van der Waals surface area contributed by atoms with Crippen LogP contribution in [0, 0.1) is 6.92 Å². The summed E-state index contributed by atoms with van der Waals surface area (Å²) in [6, 6.07) is 13.7. The van der Waals surface area contributed by atoms with Gasteiger partial charge in [0.15, 0.2) is 0 Å². The van der Waals surface area contributed by atoms with Crippen LogP contribution < -0.4 is 20.3 Å². The molecule has 1 aromatic heterocycles. The summed E-state index contributed by atoms with van der Waals surface area (Å²) in [5, 5.41) is 6.09. The van der Waals surface area contributed by atoms with Crippen molar-refractivity contribution in [2.45, 2.75) is 6.92 Å². The van der Waals surface area contributed by atoms with E-state index in [0.717, 1.165) is 54.5 Å². The average Bonchev–Trinajstić information content (AvgIpc) is 2.86. The lowest BCUT2D eigenvalue weighted by molar-refractivity contribution is -0.111. The van der Waals surface area contributed by atoms with E-state index < -0.39 is 0 Å². The zero-order valence-corrected chi connectivity index (χ0v) is 18.8. The second kappa shape index (κ2) is 10.1. The summed E-state index contributed by atoms with van der Waals surface area (Å²) < 4.78 is 10.8. The molecular weight excluding hydrogens is 418 g/mol. The molecule has 0 atom stereocenters. The fraction of sp³-hybridized carbons (Fsp3) is 0.240. The number of hydrogen-bond acceptors (Lipinski definition) is 7. The third kappa shape index (κ3) is 5.30. The molecule has 170 valence electrons. The van der Waals surface area contributed by atoms with Crippen LogP contribution in [-0.4, -0.2) is 49.3 Å². The van der Waals surface area contributed by atoms with Crippen LogP contribution in [0.5, 0.6) is 5.75 Å². The maximum absolute atomic E-state index is 11.8. The molecule has 1 saturated heterocycles. The molecule has 1 fully saturated rings. The molecule has 2 N–H and O–H groups in total. The Kier molecular flexibility index (Phi) is 6.85. The number of carbonyl (C=O) groups is 1. The van der Waals surface area contributed by atoms with E-state index in [-0.39, 0.29) is 5.91 Å². The molecule has 1 aliphatic rings. The number of rotatable bonds is 7. The number of hydrogen-bond donors (Lipinski definition) is 2. The number of carbonyl (C=O) groups excluding carboxylic acids is 1. The SMILES string of the molecule is C=CC(=O)Nc1cc(-c2nc(Nc3cccc(N4CCOCC4)c3)ncc2C)ccc1OC. The number of amides is 1. The van der Waals surface area contributed by atoms with Gasteiger partial charge in [-0.2, -0.15) is 0 Å². The Balaban J connectivity index is 1.60. The number of morpholine rings is 1. The van der Waals surface area contributed by atoms with E-state index in [1.165, 1.54) is 6.08 Å². The van der Waals surface area contributed by atoms with E-state index in [1.807, 2.05) is 31.2 Å². The van der Waals surface area contributed by atoms with Gasteiger partial charge in [0.25, 0.3) is 0 Å². The molecule has 1 aliphatic heterocycles. The molecule has 0 saturated carbocycles. The molecule has 0 bridgehead atoms. The summed E-state index contributed by atoms with van der Waals surface area (Å²) in [5.41, 5.74) is 5.09. The van der Waals surface area contributed by atoms with E-state index in [4.69, 9.17) is 14.5 Å². The van der Waals surface area contributed by atoms with Crippen molar-refractivity contribution >= 4 is 28.9 Å². The van der Waals surface area contributed by atoms with Gasteiger partial charge in [-0.3, -0.25) is 4.79 Å². The van der Waals surface area contributed by atoms with Gasteiger partial charge < -0.3 is 25.0 Å². The lowest BCUT2D eigenvalue weighted by Crippen LogP contribution is -2.36. The van der Waals surface area contributed by atoms with Gasteiger partial charge in [-0.25, -0.2) is 9.97 Å². The number of ether oxygens (including phenoxy) is 2. The number of methoxy groups -OCH3 is 1. The summed E-state index contributed by atoms with van der Waals surface area (Å²) in [4.78, 5) is 23.3. The molecule has 4 rings (SSSR count). The monoisotopic (exact) mass is 445 g/mol. The zero-order chi connectivity index (χ0) is 23.2. The van der Waals surface area contributed by atoms with Crippen LogP contribution in [0.15, 0.2) is 61.3 Å². The Morgan fingerprint density at radius 3 is 2.79 bits per heavy atom. The predicted molar refractivity (Wildman–Crippen MR) is 130 cm³/mol. The Morgan fingerprint density at radius 1 is 1.21 bits per heavy atom. The quantitative estimate of drug-likeness (QED) is 0.528. The first kappa shape index (κ1) is 22.3. The number of nitrogens with zero attached hydrogens (tertiary/aromatic N) is 3. The second-order valence-electron chi connectivity index (χ2n) is 7.61. The molecule has 0 aliphatic carbocycles. The van der Waals surface area contributed by atoms with Crippen molar-refractivity contribution in [3.8, 4) is 17.0 Å². The number of nitrogens with one attached hydrogen (secondary N) is 2. The lowest BCUT2D eigenvalue weighted by atomic mass is 10.1. The van der Waals surface area contributed by atoms with Crippen LogP contribution in [-0.2, 0) is 9.53 Å². The predicted octanol–water partition coefficient (Wildman–Crippen LogP) is 4.17. The van der Waals surface area contributed by atoms with Crippen LogP contribution in [0.4, 0.5) is 23.0 Å². The Bertz CT molecular complexity index is 1160. The van der Waals surface area contributed by atoms with Gasteiger partial charge in [0.05, 0.1) is 31.7 Å². The van der Waals surface area contributed by atoms with Gasteiger partial charge in [-0.05, 0) is 55.0 Å². The minimum absolute atomic E-state index is 0.313. The molecule has 33 heavy (non-hydrogen) atoms. The summed E-state index contributed by atoms with van der Waals surface area (Å²) in [6.45, 7) is 8.67. The number of benzene rings is 2. The highest BCUT2D eigenvalue weighted by Crippen LogP contribution is 2.32. The highest BCUT2D eigenvalue weighted by molar-refractivity contribution is 6.00. The van der Waals surface area contributed by atoms with E-state index in [0.29, 0.717) is 17.4 Å². The van der Waals surface area contributed by atoms with Crippen molar-refractivity contribution in [2.75, 3.05) is 48.9 Å². The summed E-state index contributed by atoms with van der Waals surface area (Å²) in [6.07, 6.45) is 3.00. The molecule has 0 radical (unpaired) electrons. The first-order valence-corrected chi connectivity index (χ1v) is 10.7. The normalized spacial score (nSPS) is 13.3.